The molecule has 0 aliphatic heterocycles. The minimum absolute atomic E-state index is 0.187. The number of carbonyl (C=O) groups excluding carboxylic acids is 1. The van der Waals surface area contributed by atoms with Crippen LogP contribution < -0.4 is 5.73 Å². The molecule has 0 saturated carbocycles. The van der Waals surface area contributed by atoms with E-state index in [1.807, 2.05) is 37.3 Å². The number of nitrogen functional groups attached to an aromatic ring is 1. The second-order valence-electron chi connectivity index (χ2n) is 5.31. The van der Waals surface area contributed by atoms with E-state index in [0.717, 1.165) is 16.5 Å². The third-order valence-corrected chi connectivity index (χ3v) is 3.65. The number of nitrogens with zero attached hydrogens (tertiary/aromatic N) is 3. The summed E-state index contributed by atoms with van der Waals surface area (Å²) in [5.41, 5.74) is 8.35. The summed E-state index contributed by atoms with van der Waals surface area (Å²) >= 11 is 0. The van der Waals surface area contributed by atoms with Crippen LogP contribution >= 0.6 is 0 Å². The lowest BCUT2D eigenvalue weighted by atomic mass is 10.1. The van der Waals surface area contributed by atoms with Crippen molar-refractivity contribution in [3.63, 3.8) is 0 Å². The molecule has 116 valence electrons. The van der Waals surface area contributed by atoms with E-state index >= 15 is 0 Å². The highest BCUT2D eigenvalue weighted by Crippen LogP contribution is 2.26. The molecule has 0 bridgehead atoms. The first-order chi connectivity index (χ1) is 11.1. The smallest absolute Gasteiger partial charge is 0.384 e. The Kier molecular flexibility index (Phi) is 3.89. The highest BCUT2D eigenvalue weighted by Gasteiger charge is 2.24. The number of benzene rings is 1. The molecule has 2 aromatic heterocycles. The average Bonchev–Trinajstić information content (AvgIpc) is 2.97. The number of aromatic nitrogens is 2. The van der Waals surface area contributed by atoms with Crippen LogP contribution in [0, 0.1) is 4.91 Å². The van der Waals surface area contributed by atoms with Crippen molar-refractivity contribution >= 4 is 22.8 Å². The average molecular weight is 309 g/mol. The molecule has 0 unspecified atom stereocenters. The molecule has 0 aliphatic carbocycles. The molecular formula is C17H17N4O2+. The van der Waals surface area contributed by atoms with Crippen LogP contribution in [0.4, 0.5) is 10.6 Å². The van der Waals surface area contributed by atoms with E-state index in [4.69, 9.17) is 5.73 Å². The molecule has 1 amide bonds. The molecule has 6 nitrogen and oxygen atoms in total. The van der Waals surface area contributed by atoms with Crippen LogP contribution in [0.1, 0.15) is 13.3 Å². The zero-order valence-corrected chi connectivity index (χ0v) is 12.8. The number of pyridine rings is 1. The van der Waals surface area contributed by atoms with E-state index in [2.05, 4.69) is 4.98 Å². The van der Waals surface area contributed by atoms with Crippen molar-refractivity contribution in [2.45, 2.75) is 13.3 Å². The first kappa shape index (κ1) is 14.9. The molecule has 0 atom stereocenters. The zero-order chi connectivity index (χ0) is 16.4. The lowest BCUT2D eigenvalue weighted by Gasteiger charge is -2.02. The van der Waals surface area contributed by atoms with Gasteiger partial charge in [0.15, 0.2) is 0 Å². The van der Waals surface area contributed by atoms with Gasteiger partial charge in [-0.05, 0) is 47.9 Å². The molecule has 2 heterocycles. The molecule has 0 radical (unpaired) electrons. The Labute approximate surface area is 133 Å². The molecule has 0 saturated heterocycles. The van der Waals surface area contributed by atoms with Gasteiger partial charge < -0.3 is 5.73 Å². The highest BCUT2D eigenvalue weighted by atomic mass is 16.3. The van der Waals surface area contributed by atoms with Gasteiger partial charge in [0, 0.05) is 16.3 Å². The maximum atomic E-state index is 12.2. The fourth-order valence-corrected chi connectivity index (χ4v) is 2.54. The fourth-order valence-electron chi connectivity index (χ4n) is 2.54. The minimum atomic E-state index is -0.567. The number of nitrogens with two attached hydrogens (primary N) is 1. The Morgan fingerprint density at radius 3 is 2.74 bits per heavy atom. The van der Waals surface area contributed by atoms with Crippen molar-refractivity contribution in [3.8, 4) is 11.1 Å². The topological polar surface area (TPSA) is 81.0 Å². The molecule has 0 fully saturated rings. The molecule has 3 aromatic rings. The van der Waals surface area contributed by atoms with Crippen LogP contribution in [-0.2, 0) is 0 Å². The lowest BCUT2D eigenvalue weighted by Crippen LogP contribution is -2.23. The van der Waals surface area contributed by atoms with Crippen molar-refractivity contribution in [2.75, 3.05) is 12.3 Å². The van der Waals surface area contributed by atoms with Crippen LogP contribution in [0.25, 0.3) is 22.0 Å². The van der Waals surface area contributed by atoms with Gasteiger partial charge in [0.1, 0.15) is 24.1 Å². The summed E-state index contributed by atoms with van der Waals surface area (Å²) in [5.74, 6) is 0.455. The second kappa shape index (κ2) is 6.00. The minimum Gasteiger partial charge on any atom is -0.384 e. The summed E-state index contributed by atoms with van der Waals surface area (Å²) in [6.07, 6.45) is 3.91. The van der Waals surface area contributed by atoms with Crippen molar-refractivity contribution in [1.29, 1.82) is 0 Å². The number of rotatable bonds is 3. The van der Waals surface area contributed by atoms with Gasteiger partial charge in [0.25, 0.3) is 0 Å². The lowest BCUT2D eigenvalue weighted by molar-refractivity contribution is -0.450. The molecule has 6 heteroatoms. The number of amides is 1. The van der Waals surface area contributed by atoms with E-state index in [9.17, 15) is 9.70 Å². The Balaban J connectivity index is 2.00. The molecule has 2 N–H and O–H groups in total. The fraction of sp³-hybridized carbons (Fsp3) is 0.176. The predicted molar refractivity (Wildman–Crippen MR) is 89.2 cm³/mol. The van der Waals surface area contributed by atoms with E-state index in [0.29, 0.717) is 22.5 Å². The molecule has 23 heavy (non-hydrogen) atoms. The highest BCUT2D eigenvalue weighted by molar-refractivity contribution is 5.91. The quantitative estimate of drug-likeness (QED) is 0.751. The number of hydrogen-bond acceptors (Lipinski definition) is 4. The largest absolute Gasteiger partial charge is 0.541 e. The van der Waals surface area contributed by atoms with Crippen molar-refractivity contribution in [1.82, 2.24) is 9.55 Å². The molecule has 0 spiro atoms. The number of hydrogen-bond donors (Lipinski definition) is 1. The van der Waals surface area contributed by atoms with Gasteiger partial charge in [-0.2, -0.15) is 9.36 Å². The number of fused-ring (bicyclic) bond motifs is 1. The zero-order valence-electron chi connectivity index (χ0n) is 12.8. The van der Waals surface area contributed by atoms with Gasteiger partial charge in [-0.3, -0.25) is 0 Å². The summed E-state index contributed by atoms with van der Waals surface area (Å²) in [5, 5.41) is 0.885. The Bertz CT molecular complexity index is 898. The van der Waals surface area contributed by atoms with Crippen molar-refractivity contribution in [3.05, 3.63) is 53.7 Å². The summed E-state index contributed by atoms with van der Waals surface area (Å²) < 4.78 is 1.86. The third kappa shape index (κ3) is 2.83. The van der Waals surface area contributed by atoms with Crippen LogP contribution in [0.3, 0.4) is 0 Å². The molecule has 0 aliphatic rings. The van der Waals surface area contributed by atoms with Crippen LogP contribution in [0.2, 0.25) is 0 Å². The van der Waals surface area contributed by atoms with E-state index < -0.39 is 6.03 Å². The van der Waals surface area contributed by atoms with Gasteiger partial charge >= 0.3 is 6.03 Å². The Morgan fingerprint density at radius 1 is 1.22 bits per heavy atom. The van der Waals surface area contributed by atoms with E-state index in [1.165, 1.54) is 4.57 Å². The Hall–Kier alpha value is -3.02. The summed E-state index contributed by atoms with van der Waals surface area (Å²) in [6, 6.07) is 10.6. The summed E-state index contributed by atoms with van der Waals surface area (Å²) in [7, 11) is 0. The first-order valence-electron chi connectivity index (χ1n) is 7.42. The Morgan fingerprint density at radius 2 is 2.00 bits per heavy atom. The number of carbonyl (C=O) groups is 1. The van der Waals surface area contributed by atoms with Crippen LogP contribution in [-0.4, -0.2) is 26.9 Å². The summed E-state index contributed by atoms with van der Waals surface area (Å²) in [4.78, 5) is 27.9. The van der Waals surface area contributed by atoms with Gasteiger partial charge in [-0.15, -0.1) is 0 Å². The monoisotopic (exact) mass is 309 g/mol. The van der Waals surface area contributed by atoms with Gasteiger partial charge in [0.2, 0.25) is 0 Å². The number of anilines is 1. The maximum Gasteiger partial charge on any atom is 0.541 e. The van der Waals surface area contributed by atoms with Gasteiger partial charge in [-0.1, -0.05) is 17.9 Å². The second-order valence-corrected chi connectivity index (χ2v) is 5.31. The molecule has 1 aromatic carbocycles. The van der Waals surface area contributed by atoms with Crippen LogP contribution in [0.15, 0.2) is 48.8 Å². The third-order valence-electron chi connectivity index (χ3n) is 3.65. The van der Waals surface area contributed by atoms with Crippen molar-refractivity contribution < 1.29 is 9.55 Å². The maximum absolute atomic E-state index is 12.2. The van der Waals surface area contributed by atoms with E-state index in [-0.39, 0.29) is 6.54 Å². The van der Waals surface area contributed by atoms with Crippen molar-refractivity contribution in [2.24, 2.45) is 0 Å². The van der Waals surface area contributed by atoms with Crippen LogP contribution in [0.5, 0.6) is 0 Å². The SMILES string of the molecule is CCC[N+](=O)C(=O)n1ccc2cc(-c3ccnc(N)c3)ccc21. The van der Waals surface area contributed by atoms with E-state index in [1.54, 1.807) is 18.5 Å². The summed E-state index contributed by atoms with van der Waals surface area (Å²) in [6.45, 7) is 2.05. The molecule has 3 rings (SSSR count). The number of nitroso groups, excluding NO2 is 1. The van der Waals surface area contributed by atoms with Gasteiger partial charge in [-0.25, -0.2) is 4.98 Å². The normalized spacial score (nSPS) is 10.8. The molecular weight excluding hydrogens is 292 g/mol. The standard InChI is InChI=1S/C17H17N4O2/c1-2-8-21(23)17(22)20-9-6-14-10-12(3-4-15(14)20)13-5-7-19-16(18)11-13/h3-7,9-11H,2,8H2,1H3,(H2,18,19)/q+1. The van der Waals surface area contributed by atoms with Gasteiger partial charge in [0.05, 0.1) is 0 Å². The first-order valence-corrected chi connectivity index (χ1v) is 7.42. The predicted octanol–water partition coefficient (Wildman–Crippen LogP) is 3.44.